The third-order valence-corrected chi connectivity index (χ3v) is 6.42. The van der Waals surface area contributed by atoms with E-state index in [4.69, 9.17) is 23.8 Å². The third kappa shape index (κ3) is 5.48. The molecule has 0 saturated carbocycles. The molecular formula is C21H24ClN5O2S2. The zero-order valence-corrected chi connectivity index (χ0v) is 20.0. The van der Waals surface area contributed by atoms with Crippen LogP contribution in [0.1, 0.15) is 19.4 Å². The van der Waals surface area contributed by atoms with E-state index < -0.39 is 16.9 Å². The fourth-order valence-electron chi connectivity index (χ4n) is 3.07. The second-order valence-electron chi connectivity index (χ2n) is 7.71. The molecule has 1 aliphatic heterocycles. The van der Waals surface area contributed by atoms with Crippen LogP contribution in [-0.2, 0) is 0 Å². The number of rotatable bonds is 5. The van der Waals surface area contributed by atoms with Gasteiger partial charge < -0.3 is 10.2 Å². The fraction of sp³-hybridized carbons (Fsp3) is 0.286. The van der Waals surface area contributed by atoms with Crippen molar-refractivity contribution in [2.75, 3.05) is 24.3 Å². The van der Waals surface area contributed by atoms with E-state index in [0.29, 0.717) is 20.1 Å². The number of amides is 2. The van der Waals surface area contributed by atoms with Crippen molar-refractivity contribution in [3.8, 4) is 0 Å². The van der Waals surface area contributed by atoms with Crippen LogP contribution in [0.5, 0.6) is 0 Å². The Labute approximate surface area is 196 Å². The highest BCUT2D eigenvalue weighted by molar-refractivity contribution is 8.24. The number of urea groups is 1. The molecule has 10 heteroatoms. The molecule has 0 unspecified atom stereocenters. The standard InChI is InChI=1S/C21H24ClN5O2S2/c1-21(2)18(27(29)19(28)24-16-7-5-6-15(22)12-16)26(20(30)31-21)23-13-14-8-10-17(11-9-14)25(3)4/h5-13,18,29H,1-4H3,(H,24,28)/b23-13-/t18-/m0/s1. The van der Waals surface area contributed by atoms with Gasteiger partial charge in [-0.3, -0.25) is 5.21 Å². The molecule has 1 aliphatic rings. The normalized spacial score (nSPS) is 17.8. The number of hydrazone groups is 1. The Morgan fingerprint density at radius 3 is 2.58 bits per heavy atom. The lowest BCUT2D eigenvalue weighted by atomic mass is 10.1. The first kappa shape index (κ1) is 23.3. The molecule has 2 amide bonds. The van der Waals surface area contributed by atoms with Crippen molar-refractivity contribution in [3.63, 3.8) is 0 Å². The summed E-state index contributed by atoms with van der Waals surface area (Å²) in [5.41, 5.74) is 2.41. The first-order valence-electron chi connectivity index (χ1n) is 9.47. The molecule has 2 N–H and O–H groups in total. The van der Waals surface area contributed by atoms with E-state index in [1.165, 1.54) is 16.8 Å². The molecular weight excluding hydrogens is 454 g/mol. The Morgan fingerprint density at radius 1 is 1.29 bits per heavy atom. The number of hydrogen-bond donors (Lipinski definition) is 2. The van der Waals surface area contributed by atoms with Gasteiger partial charge in [-0.25, -0.2) is 9.80 Å². The zero-order valence-electron chi connectivity index (χ0n) is 17.6. The van der Waals surface area contributed by atoms with Gasteiger partial charge in [-0.2, -0.15) is 10.2 Å². The van der Waals surface area contributed by atoms with E-state index in [0.717, 1.165) is 11.3 Å². The summed E-state index contributed by atoms with van der Waals surface area (Å²) in [4.78, 5) is 14.7. The van der Waals surface area contributed by atoms with Gasteiger partial charge in [0.25, 0.3) is 0 Å². The molecule has 0 bridgehead atoms. The average Bonchev–Trinajstić information content (AvgIpc) is 2.93. The molecule has 31 heavy (non-hydrogen) atoms. The molecule has 3 rings (SSSR count). The zero-order chi connectivity index (χ0) is 22.8. The van der Waals surface area contributed by atoms with E-state index in [1.807, 2.05) is 57.1 Å². The summed E-state index contributed by atoms with van der Waals surface area (Å²) in [7, 11) is 3.94. The number of benzene rings is 2. The van der Waals surface area contributed by atoms with E-state index in [1.54, 1.807) is 30.5 Å². The highest BCUT2D eigenvalue weighted by Crippen LogP contribution is 2.42. The van der Waals surface area contributed by atoms with E-state index in [2.05, 4.69) is 10.4 Å². The number of carbonyl (C=O) groups is 1. The Bertz CT molecular complexity index is 998. The number of thioether (sulfide) groups is 1. The Hall–Kier alpha value is -2.33. The molecule has 7 nitrogen and oxygen atoms in total. The minimum atomic E-state index is -0.804. The van der Waals surface area contributed by atoms with Crippen molar-refractivity contribution >= 4 is 63.5 Å². The number of nitrogens with one attached hydrogen (secondary N) is 1. The Kier molecular flexibility index (Phi) is 7.10. The molecule has 164 valence electrons. The number of hydroxylamine groups is 2. The van der Waals surface area contributed by atoms with Crippen LogP contribution in [0.4, 0.5) is 16.2 Å². The van der Waals surface area contributed by atoms with Gasteiger partial charge in [-0.15, -0.1) is 0 Å². The van der Waals surface area contributed by atoms with Gasteiger partial charge in [-0.05, 0) is 49.7 Å². The smallest absolute Gasteiger partial charge is 0.347 e. The predicted molar refractivity (Wildman–Crippen MR) is 132 cm³/mol. The number of nitrogens with zero attached hydrogens (tertiary/aromatic N) is 4. The monoisotopic (exact) mass is 477 g/mol. The summed E-state index contributed by atoms with van der Waals surface area (Å²) in [6, 6.07) is 13.8. The SMILES string of the molecule is CN(C)c1ccc(/C=N\N2C(=S)SC(C)(C)[C@@H]2N(O)C(=O)Nc2cccc(Cl)c2)cc1. The number of thiocarbonyl (C=S) groups is 1. The van der Waals surface area contributed by atoms with Crippen molar-refractivity contribution in [2.45, 2.75) is 24.8 Å². The lowest BCUT2D eigenvalue weighted by Gasteiger charge is -2.34. The van der Waals surface area contributed by atoms with Crippen molar-refractivity contribution < 1.29 is 10.0 Å². The second kappa shape index (κ2) is 9.44. The Morgan fingerprint density at radius 2 is 1.97 bits per heavy atom. The lowest BCUT2D eigenvalue weighted by Crippen LogP contribution is -2.54. The first-order valence-corrected chi connectivity index (χ1v) is 11.1. The van der Waals surface area contributed by atoms with E-state index >= 15 is 0 Å². The number of carbonyl (C=O) groups excluding carboxylic acids is 1. The van der Waals surface area contributed by atoms with Crippen LogP contribution in [0.3, 0.4) is 0 Å². The summed E-state index contributed by atoms with van der Waals surface area (Å²) in [6.07, 6.45) is 0.852. The molecule has 0 spiro atoms. The molecule has 0 aromatic heterocycles. The number of hydrogen-bond acceptors (Lipinski definition) is 6. The molecule has 1 fully saturated rings. The molecule has 0 radical (unpaired) electrons. The topological polar surface area (TPSA) is 71.4 Å². The molecule has 1 atom stereocenters. The largest absolute Gasteiger partial charge is 0.378 e. The van der Waals surface area contributed by atoms with Crippen LogP contribution in [0.15, 0.2) is 53.6 Å². The van der Waals surface area contributed by atoms with Crippen LogP contribution in [0.2, 0.25) is 5.02 Å². The maximum absolute atomic E-state index is 12.7. The third-order valence-electron chi connectivity index (χ3n) is 4.65. The summed E-state index contributed by atoms with van der Waals surface area (Å²) < 4.78 is -0.130. The van der Waals surface area contributed by atoms with Gasteiger partial charge in [-0.1, -0.05) is 53.8 Å². The molecule has 2 aromatic carbocycles. The molecule has 0 aliphatic carbocycles. The van der Waals surface area contributed by atoms with Crippen molar-refractivity contribution in [2.24, 2.45) is 5.10 Å². The van der Waals surface area contributed by atoms with Gasteiger partial charge in [0.15, 0.2) is 10.5 Å². The van der Waals surface area contributed by atoms with Gasteiger partial charge in [0.2, 0.25) is 0 Å². The van der Waals surface area contributed by atoms with Gasteiger partial charge in [0.05, 0.1) is 11.0 Å². The minimum Gasteiger partial charge on any atom is -0.378 e. The highest BCUT2D eigenvalue weighted by Gasteiger charge is 2.50. The molecule has 1 heterocycles. The first-order chi connectivity index (χ1) is 14.6. The fourth-order valence-corrected chi connectivity index (χ4v) is 5.05. The number of anilines is 2. The van der Waals surface area contributed by atoms with Crippen molar-refractivity contribution in [1.29, 1.82) is 0 Å². The predicted octanol–water partition coefficient (Wildman–Crippen LogP) is 5.10. The lowest BCUT2D eigenvalue weighted by molar-refractivity contribution is -0.114. The quantitative estimate of drug-likeness (QED) is 0.270. The van der Waals surface area contributed by atoms with Crippen LogP contribution >= 0.6 is 35.6 Å². The van der Waals surface area contributed by atoms with E-state index in [9.17, 15) is 10.0 Å². The van der Waals surface area contributed by atoms with Gasteiger partial charge in [0.1, 0.15) is 0 Å². The van der Waals surface area contributed by atoms with Crippen LogP contribution < -0.4 is 10.2 Å². The highest BCUT2D eigenvalue weighted by atomic mass is 35.5. The summed E-state index contributed by atoms with van der Waals surface area (Å²) >= 11 is 12.8. The number of halogens is 1. The summed E-state index contributed by atoms with van der Waals surface area (Å²) in [5, 5.41) is 20.5. The Balaban J connectivity index is 1.80. The van der Waals surface area contributed by atoms with Crippen LogP contribution in [-0.4, -0.2) is 56.9 Å². The second-order valence-corrected chi connectivity index (χ2v) is 10.4. The average molecular weight is 478 g/mol. The maximum atomic E-state index is 12.7. The van der Waals surface area contributed by atoms with Crippen LogP contribution in [0.25, 0.3) is 0 Å². The van der Waals surface area contributed by atoms with Gasteiger partial charge in [0, 0.05) is 30.5 Å². The minimum absolute atomic E-state index is 0.464. The van der Waals surface area contributed by atoms with E-state index in [-0.39, 0.29) is 0 Å². The molecule has 1 saturated heterocycles. The van der Waals surface area contributed by atoms with Crippen molar-refractivity contribution in [3.05, 3.63) is 59.1 Å². The van der Waals surface area contributed by atoms with Crippen LogP contribution in [0, 0.1) is 0 Å². The molecule has 2 aromatic rings. The van der Waals surface area contributed by atoms with Gasteiger partial charge >= 0.3 is 6.03 Å². The van der Waals surface area contributed by atoms with Crippen molar-refractivity contribution in [1.82, 2.24) is 10.1 Å². The summed E-state index contributed by atoms with van der Waals surface area (Å²) in [5.74, 6) is 0. The summed E-state index contributed by atoms with van der Waals surface area (Å²) in [6.45, 7) is 3.79. The maximum Gasteiger partial charge on any atom is 0.347 e.